The molecule has 1 aromatic rings. The summed E-state index contributed by atoms with van der Waals surface area (Å²) in [4.78, 5) is 2.34. The SMILES string of the molecule is CC[C@@H](c1cccc(OC)c1F)N1CCNCC1. The van der Waals surface area contributed by atoms with E-state index in [2.05, 4.69) is 17.1 Å². The third-order valence-electron chi connectivity index (χ3n) is 3.55. The molecule has 0 spiro atoms. The average Bonchev–Trinajstić information content (AvgIpc) is 2.43. The largest absolute Gasteiger partial charge is 0.494 e. The van der Waals surface area contributed by atoms with Gasteiger partial charge >= 0.3 is 0 Å². The van der Waals surface area contributed by atoms with Crippen LogP contribution in [0.3, 0.4) is 0 Å². The maximum atomic E-state index is 14.3. The monoisotopic (exact) mass is 252 g/mol. The minimum atomic E-state index is -0.217. The van der Waals surface area contributed by atoms with Gasteiger partial charge in [0.1, 0.15) is 0 Å². The molecule has 1 saturated heterocycles. The third-order valence-corrected chi connectivity index (χ3v) is 3.55. The van der Waals surface area contributed by atoms with Crippen LogP contribution in [0.2, 0.25) is 0 Å². The summed E-state index contributed by atoms with van der Waals surface area (Å²) in [6.45, 7) is 5.99. The van der Waals surface area contributed by atoms with Crippen molar-refractivity contribution in [2.24, 2.45) is 0 Å². The molecular formula is C14H21FN2O. The van der Waals surface area contributed by atoms with Gasteiger partial charge in [0, 0.05) is 37.8 Å². The molecule has 1 fully saturated rings. The highest BCUT2D eigenvalue weighted by Gasteiger charge is 2.24. The highest BCUT2D eigenvalue weighted by molar-refractivity contribution is 5.33. The lowest BCUT2D eigenvalue weighted by molar-refractivity contribution is 0.165. The summed E-state index contributed by atoms with van der Waals surface area (Å²) in [6.07, 6.45) is 0.907. The van der Waals surface area contributed by atoms with Gasteiger partial charge in [-0.05, 0) is 12.5 Å². The van der Waals surface area contributed by atoms with Gasteiger partial charge in [0.25, 0.3) is 0 Å². The molecule has 0 radical (unpaired) electrons. The zero-order valence-electron chi connectivity index (χ0n) is 11.1. The van der Waals surface area contributed by atoms with Crippen molar-refractivity contribution in [2.45, 2.75) is 19.4 Å². The zero-order chi connectivity index (χ0) is 13.0. The van der Waals surface area contributed by atoms with Crippen LogP contribution in [0.4, 0.5) is 4.39 Å². The molecule has 0 aliphatic carbocycles. The molecule has 1 aromatic carbocycles. The van der Waals surface area contributed by atoms with E-state index in [1.54, 1.807) is 6.07 Å². The van der Waals surface area contributed by atoms with Crippen molar-refractivity contribution in [3.63, 3.8) is 0 Å². The van der Waals surface area contributed by atoms with E-state index in [0.717, 1.165) is 38.2 Å². The van der Waals surface area contributed by atoms with Gasteiger partial charge in [0.05, 0.1) is 7.11 Å². The molecule has 100 valence electrons. The normalized spacial score (nSPS) is 18.6. The summed E-state index contributed by atoms with van der Waals surface area (Å²) in [5.41, 5.74) is 0.749. The summed E-state index contributed by atoms with van der Waals surface area (Å²) in [7, 11) is 1.51. The summed E-state index contributed by atoms with van der Waals surface area (Å²) in [5, 5.41) is 3.32. The minimum Gasteiger partial charge on any atom is -0.494 e. The molecule has 2 rings (SSSR count). The molecule has 0 amide bonds. The Morgan fingerprint density at radius 1 is 1.39 bits per heavy atom. The first-order valence-corrected chi connectivity index (χ1v) is 6.55. The number of rotatable bonds is 4. The van der Waals surface area contributed by atoms with E-state index in [-0.39, 0.29) is 11.9 Å². The molecule has 1 heterocycles. The maximum absolute atomic E-state index is 14.3. The maximum Gasteiger partial charge on any atom is 0.169 e. The zero-order valence-corrected chi connectivity index (χ0v) is 11.1. The van der Waals surface area contributed by atoms with E-state index in [9.17, 15) is 4.39 Å². The molecular weight excluding hydrogens is 231 g/mol. The van der Waals surface area contributed by atoms with Crippen LogP contribution in [0.15, 0.2) is 18.2 Å². The van der Waals surface area contributed by atoms with E-state index in [1.807, 2.05) is 12.1 Å². The number of methoxy groups -OCH3 is 1. The van der Waals surface area contributed by atoms with Crippen LogP contribution in [-0.4, -0.2) is 38.2 Å². The van der Waals surface area contributed by atoms with Crippen molar-refractivity contribution in [1.29, 1.82) is 0 Å². The standard InChI is InChI=1S/C14H21FN2O/c1-3-12(17-9-7-16-8-10-17)11-5-4-6-13(18-2)14(11)15/h4-6,12,16H,3,7-10H2,1-2H3/t12-/m0/s1. The van der Waals surface area contributed by atoms with Crippen molar-refractivity contribution in [3.8, 4) is 5.75 Å². The smallest absolute Gasteiger partial charge is 0.169 e. The third kappa shape index (κ3) is 2.65. The van der Waals surface area contributed by atoms with Crippen LogP contribution in [0.1, 0.15) is 24.9 Å². The second kappa shape index (κ2) is 6.16. The fraction of sp³-hybridized carbons (Fsp3) is 0.571. The number of hydrogen-bond acceptors (Lipinski definition) is 3. The minimum absolute atomic E-state index is 0.141. The van der Waals surface area contributed by atoms with Crippen LogP contribution < -0.4 is 10.1 Å². The second-order valence-electron chi connectivity index (χ2n) is 4.57. The van der Waals surface area contributed by atoms with E-state index in [4.69, 9.17) is 4.74 Å². The molecule has 0 aromatic heterocycles. The quantitative estimate of drug-likeness (QED) is 0.889. The average molecular weight is 252 g/mol. The Bertz CT molecular complexity index is 391. The predicted octanol–water partition coefficient (Wildman–Crippen LogP) is 2.19. The summed E-state index contributed by atoms with van der Waals surface area (Å²) < 4.78 is 19.4. The summed E-state index contributed by atoms with van der Waals surface area (Å²) in [6, 6.07) is 5.54. The molecule has 1 aliphatic rings. The highest BCUT2D eigenvalue weighted by Crippen LogP contribution is 2.30. The van der Waals surface area contributed by atoms with Crippen LogP contribution in [-0.2, 0) is 0 Å². The molecule has 1 atom stereocenters. The molecule has 1 aliphatic heterocycles. The van der Waals surface area contributed by atoms with Crippen molar-refractivity contribution in [3.05, 3.63) is 29.6 Å². The first-order valence-electron chi connectivity index (χ1n) is 6.55. The lowest BCUT2D eigenvalue weighted by Crippen LogP contribution is -2.45. The number of nitrogens with one attached hydrogen (secondary N) is 1. The van der Waals surface area contributed by atoms with Gasteiger partial charge in [-0.15, -0.1) is 0 Å². The Kier molecular flexibility index (Phi) is 4.55. The number of nitrogens with zero attached hydrogens (tertiary/aromatic N) is 1. The first-order chi connectivity index (χ1) is 8.77. The van der Waals surface area contributed by atoms with Crippen molar-refractivity contribution in [1.82, 2.24) is 10.2 Å². The van der Waals surface area contributed by atoms with Gasteiger partial charge in [0.15, 0.2) is 11.6 Å². The van der Waals surface area contributed by atoms with Gasteiger partial charge in [-0.1, -0.05) is 19.1 Å². The number of piperazine rings is 1. The first kappa shape index (κ1) is 13.3. The number of ether oxygens (including phenoxy) is 1. The molecule has 1 N–H and O–H groups in total. The van der Waals surface area contributed by atoms with Crippen LogP contribution in [0.5, 0.6) is 5.75 Å². The molecule has 18 heavy (non-hydrogen) atoms. The molecule has 0 bridgehead atoms. The Labute approximate surface area is 108 Å². The molecule has 3 nitrogen and oxygen atoms in total. The van der Waals surface area contributed by atoms with Crippen LogP contribution in [0, 0.1) is 5.82 Å². The van der Waals surface area contributed by atoms with E-state index in [1.165, 1.54) is 7.11 Å². The fourth-order valence-corrected chi connectivity index (χ4v) is 2.61. The van der Waals surface area contributed by atoms with Gasteiger partial charge < -0.3 is 10.1 Å². The summed E-state index contributed by atoms with van der Waals surface area (Å²) >= 11 is 0. The Balaban J connectivity index is 2.26. The topological polar surface area (TPSA) is 24.5 Å². The Morgan fingerprint density at radius 3 is 2.72 bits per heavy atom. The lowest BCUT2D eigenvalue weighted by atomic mass is 10.0. The van der Waals surface area contributed by atoms with Crippen LogP contribution >= 0.6 is 0 Å². The van der Waals surface area contributed by atoms with Gasteiger partial charge in [-0.3, -0.25) is 4.90 Å². The van der Waals surface area contributed by atoms with Gasteiger partial charge in [0.2, 0.25) is 0 Å². The Morgan fingerprint density at radius 2 is 2.11 bits per heavy atom. The van der Waals surface area contributed by atoms with Gasteiger partial charge in [-0.2, -0.15) is 0 Å². The number of halogens is 1. The number of hydrogen-bond donors (Lipinski definition) is 1. The second-order valence-corrected chi connectivity index (χ2v) is 4.57. The predicted molar refractivity (Wildman–Crippen MR) is 70.4 cm³/mol. The molecule has 0 saturated carbocycles. The van der Waals surface area contributed by atoms with Gasteiger partial charge in [-0.25, -0.2) is 4.39 Å². The Hall–Kier alpha value is -1.13. The molecule has 4 heteroatoms. The van der Waals surface area contributed by atoms with Crippen molar-refractivity contribution >= 4 is 0 Å². The van der Waals surface area contributed by atoms with E-state index >= 15 is 0 Å². The van der Waals surface area contributed by atoms with Crippen LogP contribution in [0.25, 0.3) is 0 Å². The lowest BCUT2D eigenvalue weighted by Gasteiger charge is -2.35. The highest BCUT2D eigenvalue weighted by atomic mass is 19.1. The summed E-state index contributed by atoms with van der Waals surface area (Å²) in [5.74, 6) is 0.117. The van der Waals surface area contributed by atoms with Crippen molar-refractivity contribution < 1.29 is 9.13 Å². The fourth-order valence-electron chi connectivity index (χ4n) is 2.61. The van der Waals surface area contributed by atoms with Crippen molar-refractivity contribution in [2.75, 3.05) is 33.3 Å². The van der Waals surface area contributed by atoms with E-state index < -0.39 is 0 Å². The molecule has 0 unspecified atom stereocenters. The number of benzene rings is 1. The van der Waals surface area contributed by atoms with E-state index in [0.29, 0.717) is 5.75 Å².